The van der Waals surface area contributed by atoms with Crippen molar-refractivity contribution in [3.05, 3.63) is 35.4 Å². The van der Waals surface area contributed by atoms with Crippen molar-refractivity contribution in [1.82, 2.24) is 15.5 Å². The van der Waals surface area contributed by atoms with Crippen molar-refractivity contribution >= 4 is 29.9 Å². The molecule has 0 atom stereocenters. The summed E-state index contributed by atoms with van der Waals surface area (Å²) in [5, 5.41) is 6.25. The molecule has 0 aliphatic carbocycles. The van der Waals surface area contributed by atoms with Gasteiger partial charge < -0.3 is 10.6 Å². The first-order valence-corrected chi connectivity index (χ1v) is 8.51. The van der Waals surface area contributed by atoms with Crippen LogP contribution in [0.15, 0.2) is 29.3 Å². The van der Waals surface area contributed by atoms with Gasteiger partial charge in [0.25, 0.3) is 0 Å². The smallest absolute Gasteiger partial charge is 0.355 e. The summed E-state index contributed by atoms with van der Waals surface area (Å²) in [4.78, 5) is 6.47. The Morgan fingerprint density at radius 1 is 1.12 bits per heavy atom. The molecule has 4 nitrogen and oxygen atoms in total. The van der Waals surface area contributed by atoms with E-state index in [-0.39, 0.29) is 30.5 Å². The van der Waals surface area contributed by atoms with Gasteiger partial charge in [-0.15, -0.1) is 24.0 Å². The van der Waals surface area contributed by atoms with Gasteiger partial charge in [-0.05, 0) is 45.4 Å². The van der Waals surface area contributed by atoms with E-state index >= 15 is 0 Å². The first-order valence-electron chi connectivity index (χ1n) is 8.51. The van der Waals surface area contributed by atoms with E-state index in [0.717, 1.165) is 18.7 Å². The van der Waals surface area contributed by atoms with Gasteiger partial charge in [0.1, 0.15) is 0 Å². The van der Waals surface area contributed by atoms with Crippen molar-refractivity contribution in [3.8, 4) is 0 Å². The zero-order valence-electron chi connectivity index (χ0n) is 16.0. The Balaban J connectivity index is 0.00000625. The number of rotatable bonds is 7. The molecule has 0 aromatic heterocycles. The average molecular weight is 486 g/mol. The zero-order chi connectivity index (χ0) is 19.0. The summed E-state index contributed by atoms with van der Waals surface area (Å²) in [7, 11) is 1.64. The van der Waals surface area contributed by atoms with E-state index in [9.17, 15) is 13.2 Å². The second-order valence-electron chi connectivity index (χ2n) is 6.48. The Kier molecular flexibility index (Phi) is 11.2. The van der Waals surface area contributed by atoms with E-state index < -0.39 is 11.7 Å². The minimum atomic E-state index is -4.33. The van der Waals surface area contributed by atoms with Crippen molar-refractivity contribution in [2.45, 2.75) is 52.5 Å². The van der Waals surface area contributed by atoms with Gasteiger partial charge in [0, 0.05) is 38.8 Å². The molecule has 0 radical (unpaired) electrons. The lowest BCUT2D eigenvalue weighted by Crippen LogP contribution is -2.45. The molecule has 1 aromatic rings. The predicted molar refractivity (Wildman–Crippen MR) is 112 cm³/mol. The lowest BCUT2D eigenvalue weighted by molar-refractivity contribution is -0.137. The van der Waals surface area contributed by atoms with E-state index in [1.54, 1.807) is 13.1 Å². The van der Waals surface area contributed by atoms with Crippen LogP contribution in [-0.2, 0) is 12.7 Å². The second kappa shape index (κ2) is 11.6. The normalized spacial score (nSPS) is 12.5. The number of benzene rings is 1. The highest BCUT2D eigenvalue weighted by Crippen LogP contribution is 2.29. The molecule has 0 saturated heterocycles. The molecule has 26 heavy (non-hydrogen) atoms. The molecule has 1 rings (SSSR count). The number of nitrogens with one attached hydrogen (secondary N) is 2. The maximum atomic E-state index is 12.7. The van der Waals surface area contributed by atoms with Gasteiger partial charge >= 0.3 is 6.18 Å². The van der Waals surface area contributed by atoms with Gasteiger partial charge in [0.05, 0.1) is 5.56 Å². The molecule has 0 unspecified atom stereocenters. The van der Waals surface area contributed by atoms with Gasteiger partial charge in [-0.2, -0.15) is 13.2 Å². The Morgan fingerprint density at radius 3 is 2.23 bits per heavy atom. The van der Waals surface area contributed by atoms with Crippen molar-refractivity contribution in [1.29, 1.82) is 0 Å². The third-order valence-corrected chi connectivity index (χ3v) is 3.93. The van der Waals surface area contributed by atoms with Gasteiger partial charge in [-0.25, -0.2) is 0 Å². The van der Waals surface area contributed by atoms with E-state index in [4.69, 9.17) is 0 Å². The van der Waals surface area contributed by atoms with Crippen LogP contribution in [0.5, 0.6) is 0 Å². The van der Waals surface area contributed by atoms with Crippen LogP contribution >= 0.6 is 24.0 Å². The summed E-state index contributed by atoms with van der Waals surface area (Å²) in [6.07, 6.45) is -4.33. The van der Waals surface area contributed by atoms with Crippen LogP contribution in [0.4, 0.5) is 13.2 Å². The molecule has 0 spiro atoms. The van der Waals surface area contributed by atoms with Crippen LogP contribution in [0.3, 0.4) is 0 Å². The molecule has 0 amide bonds. The van der Waals surface area contributed by atoms with E-state index in [2.05, 4.69) is 48.2 Å². The number of guanidine groups is 1. The van der Waals surface area contributed by atoms with Crippen molar-refractivity contribution in [3.63, 3.8) is 0 Å². The topological polar surface area (TPSA) is 39.7 Å². The Labute approximate surface area is 171 Å². The SMILES string of the molecule is CN=C(NCCN(C(C)C)C(C)C)NCc1cccc(C(F)(F)F)c1.I. The standard InChI is InChI=1S/C18H29F3N4.HI/c1-13(2)25(14(3)4)10-9-23-17(22-5)24-12-15-7-6-8-16(11-15)18(19,20)21;/h6-8,11,13-14H,9-10,12H2,1-5H3,(H2,22,23,24);1H. The van der Waals surface area contributed by atoms with E-state index in [0.29, 0.717) is 30.2 Å². The molecule has 1 aromatic carbocycles. The molecule has 8 heteroatoms. The minimum Gasteiger partial charge on any atom is -0.355 e. The van der Waals surface area contributed by atoms with Gasteiger partial charge in [0.2, 0.25) is 0 Å². The molecule has 0 bridgehead atoms. The van der Waals surface area contributed by atoms with Crippen LogP contribution in [0.25, 0.3) is 0 Å². The molecular weight excluding hydrogens is 456 g/mol. The summed E-state index contributed by atoms with van der Waals surface area (Å²) in [5.74, 6) is 0.574. The van der Waals surface area contributed by atoms with Gasteiger partial charge in [0.15, 0.2) is 5.96 Å². The number of hydrogen-bond acceptors (Lipinski definition) is 2. The fourth-order valence-electron chi connectivity index (χ4n) is 2.68. The third kappa shape index (κ3) is 8.57. The Bertz CT molecular complexity index is 552. The lowest BCUT2D eigenvalue weighted by Gasteiger charge is -2.30. The summed E-state index contributed by atoms with van der Waals surface area (Å²) in [6.45, 7) is 10.5. The number of aliphatic imine (C=N–C) groups is 1. The minimum absolute atomic E-state index is 0. The zero-order valence-corrected chi connectivity index (χ0v) is 18.4. The van der Waals surface area contributed by atoms with Crippen LogP contribution in [0.1, 0.15) is 38.8 Å². The highest BCUT2D eigenvalue weighted by atomic mass is 127. The third-order valence-electron chi connectivity index (χ3n) is 3.93. The molecule has 0 saturated carbocycles. The maximum Gasteiger partial charge on any atom is 0.416 e. The van der Waals surface area contributed by atoms with E-state index in [1.807, 2.05) is 0 Å². The van der Waals surface area contributed by atoms with Crippen molar-refractivity contribution < 1.29 is 13.2 Å². The van der Waals surface area contributed by atoms with Gasteiger partial charge in [-0.3, -0.25) is 9.89 Å². The number of alkyl halides is 3. The van der Waals surface area contributed by atoms with Crippen LogP contribution < -0.4 is 10.6 Å². The van der Waals surface area contributed by atoms with Crippen LogP contribution in [-0.4, -0.2) is 43.1 Å². The van der Waals surface area contributed by atoms with E-state index in [1.165, 1.54) is 6.07 Å². The molecule has 2 N–H and O–H groups in total. The predicted octanol–water partition coefficient (Wildman–Crippen LogP) is 4.11. The molecule has 0 aliphatic heterocycles. The van der Waals surface area contributed by atoms with Crippen molar-refractivity contribution in [2.24, 2.45) is 4.99 Å². The Hall–Kier alpha value is -1.03. The first-order chi connectivity index (χ1) is 11.6. The number of halogens is 4. The first kappa shape index (κ1) is 25.0. The molecular formula is C18H30F3IN4. The second-order valence-corrected chi connectivity index (χ2v) is 6.48. The summed E-state index contributed by atoms with van der Waals surface area (Å²) in [5.41, 5.74) is -0.0805. The molecule has 0 fully saturated rings. The lowest BCUT2D eigenvalue weighted by atomic mass is 10.1. The quantitative estimate of drug-likeness (QED) is 0.346. The van der Waals surface area contributed by atoms with Crippen LogP contribution in [0.2, 0.25) is 0 Å². The highest BCUT2D eigenvalue weighted by Gasteiger charge is 2.30. The number of hydrogen-bond donors (Lipinski definition) is 2. The summed E-state index contributed by atoms with van der Waals surface area (Å²) in [6, 6.07) is 6.19. The fraction of sp³-hybridized carbons (Fsp3) is 0.611. The highest BCUT2D eigenvalue weighted by molar-refractivity contribution is 14.0. The van der Waals surface area contributed by atoms with Gasteiger partial charge in [-0.1, -0.05) is 12.1 Å². The number of nitrogens with zero attached hydrogens (tertiary/aromatic N) is 2. The monoisotopic (exact) mass is 486 g/mol. The molecule has 150 valence electrons. The summed E-state index contributed by atoms with van der Waals surface area (Å²) < 4.78 is 38.2. The average Bonchev–Trinajstić information content (AvgIpc) is 2.53. The maximum absolute atomic E-state index is 12.7. The molecule has 0 heterocycles. The van der Waals surface area contributed by atoms with Crippen LogP contribution in [0, 0.1) is 0 Å². The Morgan fingerprint density at radius 2 is 1.73 bits per heavy atom. The fourth-order valence-corrected chi connectivity index (χ4v) is 2.68. The summed E-state index contributed by atoms with van der Waals surface area (Å²) >= 11 is 0. The molecule has 0 aliphatic rings. The van der Waals surface area contributed by atoms with Crippen molar-refractivity contribution in [2.75, 3.05) is 20.1 Å². The largest absolute Gasteiger partial charge is 0.416 e.